The molecule has 0 amide bonds. The van der Waals surface area contributed by atoms with Gasteiger partial charge in [0.05, 0.1) is 24.6 Å². The number of ether oxygens (including phenoxy) is 1. The number of anilines is 4. The lowest BCUT2D eigenvalue weighted by molar-refractivity contribution is 0.122. The van der Waals surface area contributed by atoms with Crippen molar-refractivity contribution in [1.82, 2.24) is 0 Å². The third kappa shape index (κ3) is 3.38. The minimum atomic E-state index is 0.427. The van der Waals surface area contributed by atoms with Gasteiger partial charge in [0.1, 0.15) is 0 Å². The lowest BCUT2D eigenvalue weighted by atomic mass is 10.1. The molecule has 2 aromatic rings. The summed E-state index contributed by atoms with van der Waals surface area (Å²) in [6.07, 6.45) is 0. The second kappa shape index (κ2) is 7.05. The highest BCUT2D eigenvalue weighted by atomic mass is 32.2. The summed E-state index contributed by atoms with van der Waals surface area (Å²) in [5.74, 6) is 0. The van der Waals surface area contributed by atoms with Crippen LogP contribution in [-0.4, -0.2) is 32.3 Å². The van der Waals surface area contributed by atoms with E-state index in [2.05, 4.69) is 67.5 Å². The Labute approximate surface area is 160 Å². The second-order valence-corrected chi connectivity index (χ2v) is 8.51. The van der Waals surface area contributed by atoms with Crippen molar-refractivity contribution in [3.63, 3.8) is 0 Å². The number of hydrogen-bond acceptors (Lipinski definition) is 5. The van der Waals surface area contributed by atoms with Crippen LogP contribution in [0.25, 0.3) is 0 Å². The fourth-order valence-corrected chi connectivity index (χ4v) is 4.87. The van der Waals surface area contributed by atoms with E-state index >= 15 is 0 Å². The Bertz CT molecular complexity index is 828. The zero-order valence-corrected chi connectivity index (χ0v) is 16.8. The molecule has 4 nitrogen and oxygen atoms in total. The van der Waals surface area contributed by atoms with Crippen molar-refractivity contribution < 1.29 is 4.74 Å². The van der Waals surface area contributed by atoms with E-state index in [1.807, 2.05) is 11.8 Å². The first-order valence-electron chi connectivity index (χ1n) is 9.34. The maximum atomic E-state index is 5.50. The summed E-state index contributed by atoms with van der Waals surface area (Å²) in [7, 11) is 0. The molecule has 1 fully saturated rings. The number of fused-ring (bicyclic) bond motifs is 2. The summed E-state index contributed by atoms with van der Waals surface area (Å²) in [5, 5.41) is 7.23. The quantitative estimate of drug-likeness (QED) is 0.666. The molecule has 0 aliphatic carbocycles. The molecule has 2 aliphatic heterocycles. The first-order chi connectivity index (χ1) is 12.5. The topological polar surface area (TPSA) is 36.5 Å². The molecular formula is C21H27N3OS. The highest BCUT2D eigenvalue weighted by Crippen LogP contribution is 2.49. The summed E-state index contributed by atoms with van der Waals surface area (Å²) in [5.41, 5.74) is 7.54. The number of nitrogens with one attached hydrogen (secondary N) is 2. The Kier molecular flexibility index (Phi) is 4.76. The smallest absolute Gasteiger partial charge is 0.0642 e. The Hall–Kier alpha value is -1.85. The summed E-state index contributed by atoms with van der Waals surface area (Å²) in [4.78, 5) is 5.02. The Morgan fingerprint density at radius 2 is 1.65 bits per heavy atom. The van der Waals surface area contributed by atoms with Crippen LogP contribution in [0.1, 0.15) is 25.0 Å². The molecule has 0 saturated carbocycles. The molecule has 0 unspecified atom stereocenters. The average Bonchev–Trinajstić information content (AvgIpc) is 2.60. The maximum absolute atomic E-state index is 5.50. The minimum absolute atomic E-state index is 0.427. The zero-order valence-electron chi connectivity index (χ0n) is 16.0. The first kappa shape index (κ1) is 17.6. The van der Waals surface area contributed by atoms with Crippen LogP contribution in [0.15, 0.2) is 34.1 Å². The number of hydrogen-bond donors (Lipinski definition) is 2. The van der Waals surface area contributed by atoms with Crippen LogP contribution < -0.4 is 15.5 Å². The third-order valence-electron chi connectivity index (χ3n) is 4.88. The standard InChI is InChI=1S/C21H27N3OS/c1-13(2)22-16-9-14(3)20-18(11-16)26-19-12-17(10-15(4)21(19)23-20)24-5-7-25-8-6-24/h9-13,22-23H,5-8H2,1-4H3. The molecule has 5 heteroatoms. The molecule has 2 N–H and O–H groups in total. The van der Waals surface area contributed by atoms with Gasteiger partial charge in [0.2, 0.25) is 0 Å². The van der Waals surface area contributed by atoms with E-state index < -0.39 is 0 Å². The lowest BCUT2D eigenvalue weighted by Crippen LogP contribution is -2.36. The van der Waals surface area contributed by atoms with Gasteiger partial charge in [0.25, 0.3) is 0 Å². The Morgan fingerprint density at radius 1 is 1.00 bits per heavy atom. The normalized spacial score (nSPS) is 16.1. The van der Waals surface area contributed by atoms with Crippen molar-refractivity contribution in [3.8, 4) is 0 Å². The molecule has 0 spiro atoms. The van der Waals surface area contributed by atoms with Gasteiger partial charge in [0, 0.05) is 40.3 Å². The molecule has 0 atom stereocenters. The maximum Gasteiger partial charge on any atom is 0.0642 e. The molecule has 2 heterocycles. The van der Waals surface area contributed by atoms with Gasteiger partial charge in [-0.1, -0.05) is 11.8 Å². The van der Waals surface area contributed by atoms with E-state index in [0.717, 1.165) is 26.3 Å². The van der Waals surface area contributed by atoms with Crippen molar-refractivity contribution >= 4 is 34.5 Å². The van der Waals surface area contributed by atoms with Crippen LogP contribution in [0, 0.1) is 13.8 Å². The van der Waals surface area contributed by atoms with Gasteiger partial charge in [-0.2, -0.15) is 0 Å². The predicted molar refractivity (Wildman–Crippen MR) is 112 cm³/mol. The van der Waals surface area contributed by atoms with Crippen molar-refractivity contribution in [1.29, 1.82) is 0 Å². The minimum Gasteiger partial charge on any atom is -0.383 e. The van der Waals surface area contributed by atoms with E-state index in [1.54, 1.807) is 0 Å². The lowest BCUT2D eigenvalue weighted by Gasteiger charge is -2.31. The SMILES string of the molecule is Cc1cc(NC(C)C)cc2c1Nc1c(C)cc(N3CCOCC3)cc1S2. The van der Waals surface area contributed by atoms with Crippen LogP contribution >= 0.6 is 11.8 Å². The first-order valence-corrected chi connectivity index (χ1v) is 10.2. The van der Waals surface area contributed by atoms with Gasteiger partial charge < -0.3 is 20.3 Å². The van der Waals surface area contributed by atoms with E-state index in [0.29, 0.717) is 6.04 Å². The molecule has 2 aliphatic rings. The van der Waals surface area contributed by atoms with E-state index in [9.17, 15) is 0 Å². The summed E-state index contributed by atoms with van der Waals surface area (Å²) in [6.45, 7) is 12.3. The van der Waals surface area contributed by atoms with Crippen LogP contribution in [0.3, 0.4) is 0 Å². The highest BCUT2D eigenvalue weighted by molar-refractivity contribution is 7.99. The van der Waals surface area contributed by atoms with Gasteiger partial charge >= 0.3 is 0 Å². The summed E-state index contributed by atoms with van der Waals surface area (Å²) >= 11 is 1.87. The zero-order chi connectivity index (χ0) is 18.3. The molecular weight excluding hydrogens is 342 g/mol. The molecule has 4 rings (SSSR count). The fourth-order valence-electron chi connectivity index (χ4n) is 3.64. The number of benzene rings is 2. The van der Waals surface area contributed by atoms with Crippen molar-refractivity contribution in [3.05, 3.63) is 35.4 Å². The second-order valence-electron chi connectivity index (χ2n) is 7.43. The molecule has 1 saturated heterocycles. The number of morpholine rings is 1. The number of nitrogens with zero attached hydrogens (tertiary/aromatic N) is 1. The van der Waals surface area contributed by atoms with Crippen LogP contribution in [-0.2, 0) is 4.74 Å². The molecule has 26 heavy (non-hydrogen) atoms. The molecule has 138 valence electrons. The van der Waals surface area contributed by atoms with E-state index in [4.69, 9.17) is 4.74 Å². The summed E-state index contributed by atoms with van der Waals surface area (Å²) in [6, 6.07) is 9.55. The van der Waals surface area contributed by atoms with Crippen LogP contribution in [0.2, 0.25) is 0 Å². The van der Waals surface area contributed by atoms with E-state index in [-0.39, 0.29) is 0 Å². The molecule has 2 aromatic carbocycles. The predicted octanol–water partition coefficient (Wildman–Crippen LogP) is 5.17. The molecule has 0 bridgehead atoms. The largest absolute Gasteiger partial charge is 0.383 e. The number of rotatable bonds is 3. The van der Waals surface area contributed by atoms with Crippen molar-refractivity contribution in [2.45, 2.75) is 43.5 Å². The Morgan fingerprint density at radius 3 is 2.35 bits per heavy atom. The molecule has 0 aromatic heterocycles. The van der Waals surface area contributed by atoms with Gasteiger partial charge in [-0.25, -0.2) is 0 Å². The molecule has 0 radical (unpaired) electrons. The van der Waals surface area contributed by atoms with E-state index in [1.165, 1.54) is 43.7 Å². The fraction of sp³-hybridized carbons (Fsp3) is 0.429. The van der Waals surface area contributed by atoms with Crippen molar-refractivity contribution in [2.75, 3.05) is 41.8 Å². The van der Waals surface area contributed by atoms with Gasteiger partial charge in [0.15, 0.2) is 0 Å². The van der Waals surface area contributed by atoms with Crippen LogP contribution in [0.4, 0.5) is 22.7 Å². The van der Waals surface area contributed by atoms with Gasteiger partial charge in [-0.15, -0.1) is 0 Å². The monoisotopic (exact) mass is 369 g/mol. The van der Waals surface area contributed by atoms with Crippen LogP contribution in [0.5, 0.6) is 0 Å². The van der Waals surface area contributed by atoms with Crippen molar-refractivity contribution in [2.24, 2.45) is 0 Å². The number of aryl methyl sites for hydroxylation is 2. The highest BCUT2D eigenvalue weighted by Gasteiger charge is 2.22. The average molecular weight is 370 g/mol. The van der Waals surface area contributed by atoms with Gasteiger partial charge in [-0.05, 0) is 63.1 Å². The summed E-state index contributed by atoms with van der Waals surface area (Å²) < 4.78 is 5.50. The third-order valence-corrected chi connectivity index (χ3v) is 5.97. The van der Waals surface area contributed by atoms with Gasteiger partial charge in [-0.3, -0.25) is 0 Å². The Balaban J connectivity index is 1.68.